The Morgan fingerprint density at radius 3 is 2.38 bits per heavy atom. The van der Waals surface area contributed by atoms with E-state index < -0.39 is 14.6 Å². The maximum atomic E-state index is 12.1. The van der Waals surface area contributed by atoms with Gasteiger partial charge in [-0.25, -0.2) is 8.42 Å². The monoisotopic (exact) mass is 327 g/mol. The van der Waals surface area contributed by atoms with Crippen LogP contribution in [0.2, 0.25) is 5.02 Å². The lowest BCUT2D eigenvalue weighted by Gasteiger charge is -2.22. The molecule has 0 saturated heterocycles. The Morgan fingerprint density at radius 2 is 1.86 bits per heavy atom. The van der Waals surface area contributed by atoms with E-state index in [0.29, 0.717) is 27.7 Å². The van der Waals surface area contributed by atoms with Gasteiger partial charge in [-0.3, -0.25) is 4.68 Å². The minimum absolute atomic E-state index is 0.384. The number of aryl methyl sites for hydroxylation is 1. The molecule has 0 spiro atoms. The van der Waals surface area contributed by atoms with Gasteiger partial charge in [0.2, 0.25) is 0 Å². The maximum Gasteiger partial charge on any atom is 0.158 e. The predicted octanol–water partition coefficient (Wildman–Crippen LogP) is 2.60. The fraction of sp³-hybridized carbons (Fsp3) is 0.357. The molecule has 0 fully saturated rings. The molecule has 0 radical (unpaired) electrons. The number of nitrogens with two attached hydrogens (primary N) is 1. The number of hydrogen-bond acceptors (Lipinski definition) is 4. The number of benzene rings is 1. The topological polar surface area (TPSA) is 78.0 Å². The third-order valence-electron chi connectivity index (χ3n) is 3.73. The molecule has 0 aliphatic carbocycles. The van der Waals surface area contributed by atoms with Crippen molar-refractivity contribution in [3.05, 3.63) is 35.0 Å². The Hall–Kier alpha value is -1.53. The predicted molar refractivity (Wildman–Crippen MR) is 85.9 cm³/mol. The van der Waals surface area contributed by atoms with Gasteiger partial charge in [0.25, 0.3) is 0 Å². The molecule has 2 rings (SSSR count). The number of nitrogen functional groups attached to an aromatic ring is 1. The Morgan fingerprint density at radius 1 is 1.29 bits per heavy atom. The first-order valence-corrected chi connectivity index (χ1v) is 8.61. The van der Waals surface area contributed by atoms with Gasteiger partial charge in [-0.2, -0.15) is 5.10 Å². The van der Waals surface area contributed by atoms with E-state index in [1.807, 2.05) is 6.07 Å². The third-order valence-corrected chi connectivity index (χ3v) is 6.11. The zero-order valence-corrected chi connectivity index (χ0v) is 14.0. The van der Waals surface area contributed by atoms with Gasteiger partial charge in [-0.05, 0) is 19.9 Å². The van der Waals surface area contributed by atoms with Crippen LogP contribution in [0.5, 0.6) is 0 Å². The Labute approximate surface area is 129 Å². The fourth-order valence-electron chi connectivity index (χ4n) is 2.06. The van der Waals surface area contributed by atoms with Crippen molar-refractivity contribution in [1.29, 1.82) is 0 Å². The van der Waals surface area contributed by atoms with Crippen molar-refractivity contribution in [3.63, 3.8) is 0 Å². The summed E-state index contributed by atoms with van der Waals surface area (Å²) >= 11 is 6.23. The Balaban J connectivity index is 2.83. The fourth-order valence-corrected chi connectivity index (χ4v) is 2.79. The van der Waals surface area contributed by atoms with Crippen LogP contribution in [0.4, 0.5) is 5.82 Å². The third kappa shape index (κ3) is 2.53. The van der Waals surface area contributed by atoms with Gasteiger partial charge in [0, 0.05) is 29.5 Å². The summed E-state index contributed by atoms with van der Waals surface area (Å²) in [5.41, 5.74) is 7.74. The molecule has 114 valence electrons. The van der Waals surface area contributed by atoms with Crippen molar-refractivity contribution in [2.24, 2.45) is 7.05 Å². The first-order chi connectivity index (χ1) is 9.57. The Bertz CT molecular complexity index is 795. The SMILES string of the molecule is Cn1nc(C(C)(C)S(C)(=O)=O)c(-c2ccccc2Cl)c1N. The zero-order chi connectivity index (χ0) is 16.0. The van der Waals surface area contributed by atoms with Crippen molar-refractivity contribution in [2.75, 3.05) is 12.0 Å². The highest BCUT2D eigenvalue weighted by molar-refractivity contribution is 7.91. The highest BCUT2D eigenvalue weighted by Gasteiger charge is 2.38. The molecule has 0 amide bonds. The first kappa shape index (κ1) is 15.9. The second-order valence-corrected chi connectivity index (χ2v) is 8.47. The molecule has 5 nitrogen and oxygen atoms in total. The number of halogens is 1. The molecular weight excluding hydrogens is 310 g/mol. The summed E-state index contributed by atoms with van der Waals surface area (Å²) in [7, 11) is -1.70. The van der Waals surface area contributed by atoms with Gasteiger partial charge >= 0.3 is 0 Å². The van der Waals surface area contributed by atoms with Crippen molar-refractivity contribution in [2.45, 2.75) is 18.6 Å². The van der Waals surface area contributed by atoms with Crippen LogP contribution in [0.15, 0.2) is 24.3 Å². The van der Waals surface area contributed by atoms with E-state index in [4.69, 9.17) is 17.3 Å². The Kier molecular flexibility index (Phi) is 3.80. The van der Waals surface area contributed by atoms with Crippen molar-refractivity contribution in [1.82, 2.24) is 9.78 Å². The van der Waals surface area contributed by atoms with Crippen LogP contribution in [0.25, 0.3) is 11.1 Å². The van der Waals surface area contributed by atoms with E-state index in [2.05, 4.69) is 5.10 Å². The number of sulfone groups is 1. The second kappa shape index (κ2) is 5.03. The number of aromatic nitrogens is 2. The summed E-state index contributed by atoms with van der Waals surface area (Å²) in [6, 6.07) is 7.17. The van der Waals surface area contributed by atoms with E-state index in [-0.39, 0.29) is 0 Å². The van der Waals surface area contributed by atoms with E-state index in [1.165, 1.54) is 10.9 Å². The smallest absolute Gasteiger partial charge is 0.158 e. The summed E-state index contributed by atoms with van der Waals surface area (Å²) < 4.78 is 24.5. The van der Waals surface area contributed by atoms with Crippen molar-refractivity contribution in [3.8, 4) is 11.1 Å². The quantitative estimate of drug-likeness (QED) is 0.940. The minimum Gasteiger partial charge on any atom is -0.383 e. The second-order valence-electron chi connectivity index (χ2n) is 5.49. The molecule has 2 aromatic rings. The first-order valence-electron chi connectivity index (χ1n) is 6.35. The normalized spacial score (nSPS) is 12.6. The molecule has 0 saturated carbocycles. The molecule has 2 N–H and O–H groups in total. The van der Waals surface area contributed by atoms with Crippen molar-refractivity contribution < 1.29 is 8.42 Å². The van der Waals surface area contributed by atoms with Crippen LogP contribution in [0.1, 0.15) is 19.5 Å². The average molecular weight is 328 g/mol. The van der Waals surface area contributed by atoms with Gasteiger partial charge in [0.05, 0.1) is 5.69 Å². The highest BCUT2D eigenvalue weighted by atomic mass is 35.5. The largest absolute Gasteiger partial charge is 0.383 e. The number of anilines is 1. The molecule has 21 heavy (non-hydrogen) atoms. The summed E-state index contributed by atoms with van der Waals surface area (Å²) in [4.78, 5) is 0. The summed E-state index contributed by atoms with van der Waals surface area (Å²) in [6.07, 6.45) is 1.19. The van der Waals surface area contributed by atoms with E-state index >= 15 is 0 Å². The van der Waals surface area contributed by atoms with Gasteiger partial charge < -0.3 is 5.73 Å². The van der Waals surface area contributed by atoms with Gasteiger partial charge in [0.1, 0.15) is 10.6 Å². The molecule has 7 heteroatoms. The van der Waals surface area contributed by atoms with Crippen LogP contribution in [0.3, 0.4) is 0 Å². The zero-order valence-electron chi connectivity index (χ0n) is 12.4. The standard InChI is InChI=1S/C14H18ClN3O2S/c1-14(2,21(4,19)20)12-11(13(16)18(3)17-12)9-7-5-6-8-10(9)15/h5-8H,16H2,1-4H3. The van der Waals surface area contributed by atoms with Gasteiger partial charge in [-0.1, -0.05) is 29.8 Å². The lowest BCUT2D eigenvalue weighted by molar-refractivity contribution is 0.553. The molecule has 1 aromatic heterocycles. The molecule has 0 unspecified atom stereocenters. The van der Waals surface area contributed by atoms with Crippen LogP contribution in [0, 0.1) is 0 Å². The minimum atomic E-state index is -3.38. The van der Waals surface area contributed by atoms with Gasteiger partial charge in [-0.15, -0.1) is 0 Å². The summed E-state index contributed by atoms with van der Waals surface area (Å²) in [6.45, 7) is 3.23. The lowest BCUT2D eigenvalue weighted by Crippen LogP contribution is -2.29. The molecule has 0 bridgehead atoms. The van der Waals surface area contributed by atoms with Gasteiger partial charge in [0.15, 0.2) is 9.84 Å². The number of nitrogens with zero attached hydrogens (tertiary/aromatic N) is 2. The van der Waals surface area contributed by atoms with Crippen molar-refractivity contribution >= 4 is 27.3 Å². The maximum absolute atomic E-state index is 12.1. The lowest BCUT2D eigenvalue weighted by atomic mass is 9.98. The molecule has 1 aromatic carbocycles. The molecule has 0 atom stereocenters. The molecule has 0 aliphatic heterocycles. The van der Waals surface area contributed by atoms with Crippen LogP contribution < -0.4 is 5.73 Å². The summed E-state index contributed by atoms with van der Waals surface area (Å²) in [5.74, 6) is 0.384. The van der Waals surface area contributed by atoms with Crippen LogP contribution in [-0.4, -0.2) is 24.5 Å². The average Bonchev–Trinajstić information content (AvgIpc) is 2.66. The van der Waals surface area contributed by atoms with Crippen LogP contribution >= 0.6 is 11.6 Å². The highest BCUT2D eigenvalue weighted by Crippen LogP contribution is 2.41. The molecule has 0 aliphatic rings. The number of hydrogen-bond donors (Lipinski definition) is 1. The number of rotatable bonds is 3. The summed E-state index contributed by atoms with van der Waals surface area (Å²) in [5, 5.41) is 4.82. The van der Waals surface area contributed by atoms with E-state index in [9.17, 15) is 8.42 Å². The van der Waals surface area contributed by atoms with E-state index in [1.54, 1.807) is 39.1 Å². The molecular formula is C14H18ClN3O2S. The molecule has 1 heterocycles. The van der Waals surface area contributed by atoms with E-state index in [0.717, 1.165) is 0 Å². The van der Waals surface area contributed by atoms with Crippen LogP contribution in [-0.2, 0) is 21.6 Å².